The lowest BCUT2D eigenvalue weighted by Gasteiger charge is -2.35. The van der Waals surface area contributed by atoms with Gasteiger partial charge in [0.15, 0.2) is 22.1 Å². The summed E-state index contributed by atoms with van der Waals surface area (Å²) in [7, 11) is -0.531. The highest BCUT2D eigenvalue weighted by Crippen LogP contribution is 2.21. The number of piperazine rings is 1. The van der Waals surface area contributed by atoms with Crippen molar-refractivity contribution < 1.29 is 32.0 Å². The first kappa shape index (κ1) is 26.9. The van der Waals surface area contributed by atoms with Crippen LogP contribution in [0.2, 0.25) is 0 Å². The smallest absolute Gasteiger partial charge is 0.319 e. The first-order valence-electron chi connectivity index (χ1n) is 11.5. The van der Waals surface area contributed by atoms with E-state index >= 15 is 0 Å². The molecule has 3 amide bonds. The van der Waals surface area contributed by atoms with Gasteiger partial charge in [0.1, 0.15) is 0 Å². The van der Waals surface area contributed by atoms with Crippen molar-refractivity contribution in [2.75, 3.05) is 58.8 Å². The maximum atomic E-state index is 13.3. The third-order valence-electron chi connectivity index (χ3n) is 5.75. The molecule has 2 fully saturated rings. The fraction of sp³-hybridized carbons (Fsp3) is 0.455. The van der Waals surface area contributed by atoms with Crippen molar-refractivity contribution in [1.29, 1.82) is 0 Å². The normalized spacial score (nSPS) is 19.1. The SMILES string of the molecule is CN(C)C(=O)N1CCN(S(=O)(=O)c2ccc(/C(=N\O[C@@H]3CCOC3)C(=O)Nc3ncc(F)s3)cc2)CC1. The van der Waals surface area contributed by atoms with Crippen molar-refractivity contribution in [3.63, 3.8) is 0 Å². The average Bonchev–Trinajstić information content (AvgIpc) is 3.55. The van der Waals surface area contributed by atoms with Gasteiger partial charge in [-0.15, -0.1) is 0 Å². The fourth-order valence-electron chi connectivity index (χ4n) is 3.75. The number of benzene rings is 1. The lowest BCUT2D eigenvalue weighted by atomic mass is 10.1. The molecule has 2 aromatic rings. The molecule has 3 heterocycles. The zero-order valence-corrected chi connectivity index (χ0v) is 21.9. The Bertz CT molecular complexity index is 1250. The number of ether oxygens (including phenoxy) is 1. The summed E-state index contributed by atoms with van der Waals surface area (Å²) in [5.41, 5.74) is 0.177. The molecule has 0 unspecified atom stereocenters. The van der Waals surface area contributed by atoms with Gasteiger partial charge in [0.2, 0.25) is 10.0 Å². The molecule has 0 saturated carbocycles. The maximum absolute atomic E-state index is 13.3. The molecule has 1 aromatic carbocycles. The second-order valence-electron chi connectivity index (χ2n) is 8.55. The zero-order chi connectivity index (χ0) is 26.6. The van der Waals surface area contributed by atoms with Crippen molar-refractivity contribution in [2.24, 2.45) is 5.16 Å². The molecule has 1 atom stereocenters. The Morgan fingerprint density at radius 2 is 1.92 bits per heavy atom. The minimum absolute atomic E-state index is 0.0375. The minimum Gasteiger partial charge on any atom is -0.389 e. The van der Waals surface area contributed by atoms with Crippen LogP contribution in [0.15, 0.2) is 40.5 Å². The van der Waals surface area contributed by atoms with Crippen LogP contribution < -0.4 is 5.32 Å². The number of carbonyl (C=O) groups is 2. The second kappa shape index (κ2) is 11.5. The molecule has 2 saturated heterocycles. The van der Waals surface area contributed by atoms with Crippen LogP contribution in [0.4, 0.5) is 14.3 Å². The Balaban J connectivity index is 1.50. The van der Waals surface area contributed by atoms with E-state index in [2.05, 4.69) is 15.5 Å². The molecule has 1 N–H and O–H groups in total. The Morgan fingerprint density at radius 3 is 2.49 bits per heavy atom. The number of hydrogen-bond donors (Lipinski definition) is 1. The lowest BCUT2D eigenvalue weighted by Crippen LogP contribution is -2.52. The summed E-state index contributed by atoms with van der Waals surface area (Å²) in [5.74, 6) is -0.689. The third kappa shape index (κ3) is 6.41. The summed E-state index contributed by atoms with van der Waals surface area (Å²) < 4.78 is 46.2. The third-order valence-corrected chi connectivity index (χ3v) is 8.37. The molecule has 0 bridgehead atoms. The van der Waals surface area contributed by atoms with Crippen molar-refractivity contribution in [3.05, 3.63) is 41.2 Å². The number of hydrogen-bond acceptors (Lipinski definition) is 9. The van der Waals surface area contributed by atoms with E-state index in [0.717, 1.165) is 6.20 Å². The molecule has 4 rings (SSSR count). The van der Waals surface area contributed by atoms with E-state index in [-0.39, 0.29) is 54.1 Å². The minimum atomic E-state index is -3.82. The molecule has 0 radical (unpaired) electrons. The van der Waals surface area contributed by atoms with E-state index in [1.165, 1.54) is 33.5 Å². The number of nitrogens with one attached hydrogen (secondary N) is 1. The van der Waals surface area contributed by atoms with Crippen LogP contribution in [0.5, 0.6) is 0 Å². The van der Waals surface area contributed by atoms with Gasteiger partial charge in [-0.3, -0.25) is 10.1 Å². The Kier molecular flexibility index (Phi) is 8.36. The average molecular weight is 555 g/mol. The highest BCUT2D eigenvalue weighted by Gasteiger charge is 2.31. The number of rotatable bonds is 7. The van der Waals surface area contributed by atoms with Gasteiger partial charge in [0.05, 0.1) is 24.3 Å². The molecular weight excluding hydrogens is 527 g/mol. The Morgan fingerprint density at radius 1 is 1.22 bits per heavy atom. The number of nitrogens with zero attached hydrogens (tertiary/aromatic N) is 5. The van der Waals surface area contributed by atoms with Crippen molar-refractivity contribution in [1.82, 2.24) is 19.1 Å². The number of carbonyl (C=O) groups excluding carboxylic acids is 2. The molecule has 1 aromatic heterocycles. The Hall–Kier alpha value is -3.14. The molecule has 37 heavy (non-hydrogen) atoms. The molecular formula is C22H27FN6O6S2. The summed E-state index contributed by atoms with van der Waals surface area (Å²) >= 11 is 0.660. The number of urea groups is 1. The monoisotopic (exact) mass is 554 g/mol. The first-order chi connectivity index (χ1) is 17.6. The molecule has 15 heteroatoms. The second-order valence-corrected chi connectivity index (χ2v) is 11.5. The van der Waals surface area contributed by atoms with Gasteiger partial charge < -0.3 is 19.4 Å². The number of sulfonamides is 1. The van der Waals surface area contributed by atoms with Gasteiger partial charge >= 0.3 is 6.03 Å². The van der Waals surface area contributed by atoms with Crippen molar-refractivity contribution in [3.8, 4) is 0 Å². The molecule has 2 aliphatic rings. The van der Waals surface area contributed by atoms with Crippen LogP contribution in [0.3, 0.4) is 0 Å². The van der Waals surface area contributed by atoms with Gasteiger partial charge in [0.25, 0.3) is 5.91 Å². The Labute approximate surface area is 217 Å². The van der Waals surface area contributed by atoms with Crippen LogP contribution >= 0.6 is 11.3 Å². The molecule has 200 valence electrons. The number of halogens is 1. The van der Waals surface area contributed by atoms with Crippen molar-refractivity contribution in [2.45, 2.75) is 17.4 Å². The maximum Gasteiger partial charge on any atom is 0.319 e. The van der Waals surface area contributed by atoms with Gasteiger partial charge in [-0.05, 0) is 12.1 Å². The number of thiazole rings is 1. The quantitative estimate of drug-likeness (QED) is 0.404. The topological polar surface area (TPSA) is 134 Å². The predicted molar refractivity (Wildman–Crippen MR) is 133 cm³/mol. The molecule has 0 aliphatic carbocycles. The zero-order valence-electron chi connectivity index (χ0n) is 20.3. The summed E-state index contributed by atoms with van der Waals surface area (Å²) in [6, 6.07) is 5.50. The van der Waals surface area contributed by atoms with Crippen LogP contribution in [0.1, 0.15) is 12.0 Å². The van der Waals surface area contributed by atoms with Gasteiger partial charge in [-0.25, -0.2) is 18.2 Å². The highest BCUT2D eigenvalue weighted by molar-refractivity contribution is 7.89. The number of aromatic nitrogens is 1. The van der Waals surface area contributed by atoms with Gasteiger partial charge in [0, 0.05) is 52.3 Å². The van der Waals surface area contributed by atoms with E-state index in [1.807, 2.05) is 0 Å². The summed E-state index contributed by atoms with van der Waals surface area (Å²) in [4.78, 5) is 37.4. The van der Waals surface area contributed by atoms with Crippen LogP contribution in [-0.4, -0.2) is 105 Å². The van der Waals surface area contributed by atoms with Crippen LogP contribution in [-0.2, 0) is 24.4 Å². The van der Waals surface area contributed by atoms with E-state index in [1.54, 1.807) is 19.0 Å². The van der Waals surface area contributed by atoms with E-state index in [4.69, 9.17) is 9.57 Å². The highest BCUT2D eigenvalue weighted by atomic mass is 32.2. The van der Waals surface area contributed by atoms with E-state index in [9.17, 15) is 22.4 Å². The van der Waals surface area contributed by atoms with Crippen LogP contribution in [0.25, 0.3) is 0 Å². The van der Waals surface area contributed by atoms with Crippen molar-refractivity contribution >= 4 is 44.1 Å². The largest absolute Gasteiger partial charge is 0.389 e. The standard InChI is InChI=1S/C22H27FN6O6S2/c1-27(2)22(31)28-8-10-29(11-9-28)37(32,33)17-5-3-15(4-6-17)19(26-35-16-7-12-34-14-16)20(30)25-21-24-13-18(23)36-21/h3-6,13,16H,7-12,14H2,1-2H3,(H,24,25,30)/b26-19+/t16-/m1/s1. The molecule has 12 nitrogen and oxygen atoms in total. The van der Waals surface area contributed by atoms with Gasteiger partial charge in [-0.2, -0.15) is 8.70 Å². The number of oxime groups is 1. The molecule has 0 spiro atoms. The lowest BCUT2D eigenvalue weighted by molar-refractivity contribution is -0.110. The molecule has 2 aliphatic heterocycles. The fourth-order valence-corrected chi connectivity index (χ4v) is 5.71. The predicted octanol–water partition coefficient (Wildman–Crippen LogP) is 1.42. The summed E-state index contributed by atoms with van der Waals surface area (Å²) in [6.45, 7) is 1.75. The number of anilines is 1. The first-order valence-corrected chi connectivity index (χ1v) is 13.7. The van der Waals surface area contributed by atoms with E-state index < -0.39 is 21.1 Å². The summed E-state index contributed by atoms with van der Waals surface area (Å²) in [5, 5.41) is 5.97. The van der Waals surface area contributed by atoms with Gasteiger partial charge in [-0.1, -0.05) is 28.6 Å². The number of amides is 3. The summed E-state index contributed by atoms with van der Waals surface area (Å²) in [6.07, 6.45) is 1.28. The van der Waals surface area contributed by atoms with Crippen LogP contribution in [0, 0.1) is 5.13 Å². The van der Waals surface area contributed by atoms with E-state index in [0.29, 0.717) is 36.5 Å².